The molecular formula is C28H27FN4O2. The Labute approximate surface area is 204 Å². The van der Waals surface area contributed by atoms with E-state index in [2.05, 4.69) is 16.7 Å². The number of urea groups is 1. The molecule has 0 aromatic heterocycles. The number of likely N-dealkylation sites (tertiary alicyclic amines) is 1. The highest BCUT2D eigenvalue weighted by molar-refractivity contribution is 5.97. The molecule has 35 heavy (non-hydrogen) atoms. The molecule has 0 spiro atoms. The van der Waals surface area contributed by atoms with Gasteiger partial charge in [0.15, 0.2) is 0 Å². The zero-order valence-electron chi connectivity index (χ0n) is 19.6. The third-order valence-electron chi connectivity index (χ3n) is 6.42. The molecule has 1 saturated heterocycles. The number of anilines is 1. The second-order valence-electron chi connectivity index (χ2n) is 8.73. The number of hydrogen-bond donors (Lipinski definition) is 2. The fraction of sp³-hybridized carbons (Fsp3) is 0.250. The maximum Gasteiger partial charge on any atom is 0.319 e. The quantitative estimate of drug-likeness (QED) is 0.527. The van der Waals surface area contributed by atoms with E-state index in [9.17, 15) is 14.0 Å². The normalized spacial score (nSPS) is 13.7. The number of hydrogen-bond acceptors (Lipinski definition) is 3. The predicted molar refractivity (Wildman–Crippen MR) is 132 cm³/mol. The summed E-state index contributed by atoms with van der Waals surface area (Å²) in [7, 11) is 0. The SMILES string of the molecule is Cc1ccc(C(=O)N2CCC(c3ccc(C#N)cc3)CC2)cc1NC(=O)NCc1ccccc1F. The van der Waals surface area contributed by atoms with Crippen LogP contribution < -0.4 is 10.6 Å². The van der Waals surface area contributed by atoms with Gasteiger partial charge in [0.25, 0.3) is 5.91 Å². The lowest BCUT2D eigenvalue weighted by atomic mass is 9.89. The number of carbonyl (C=O) groups excluding carboxylic acids is 2. The van der Waals surface area contributed by atoms with Crippen molar-refractivity contribution in [2.45, 2.75) is 32.2 Å². The van der Waals surface area contributed by atoms with E-state index in [1.807, 2.05) is 42.2 Å². The molecule has 3 aromatic rings. The van der Waals surface area contributed by atoms with Crippen molar-refractivity contribution in [2.24, 2.45) is 0 Å². The summed E-state index contributed by atoms with van der Waals surface area (Å²) in [5, 5.41) is 14.4. The third kappa shape index (κ3) is 5.85. The summed E-state index contributed by atoms with van der Waals surface area (Å²) < 4.78 is 13.8. The van der Waals surface area contributed by atoms with E-state index < -0.39 is 6.03 Å². The second-order valence-corrected chi connectivity index (χ2v) is 8.73. The first-order valence-corrected chi connectivity index (χ1v) is 11.6. The van der Waals surface area contributed by atoms with Crippen LogP contribution in [0.15, 0.2) is 66.7 Å². The largest absolute Gasteiger partial charge is 0.339 e. The monoisotopic (exact) mass is 470 g/mol. The van der Waals surface area contributed by atoms with Crippen molar-refractivity contribution in [3.8, 4) is 6.07 Å². The van der Waals surface area contributed by atoms with Crippen molar-refractivity contribution < 1.29 is 14.0 Å². The average molecular weight is 471 g/mol. The van der Waals surface area contributed by atoms with E-state index in [1.165, 1.54) is 11.6 Å². The number of nitriles is 1. The fourth-order valence-corrected chi connectivity index (χ4v) is 4.30. The summed E-state index contributed by atoms with van der Waals surface area (Å²) >= 11 is 0. The summed E-state index contributed by atoms with van der Waals surface area (Å²) in [5.41, 5.74) is 4.10. The standard InChI is InChI=1S/C28H27FN4O2/c1-19-6-9-23(16-26(19)32-28(35)31-18-24-4-2-3-5-25(24)29)27(34)33-14-12-22(13-15-33)21-10-7-20(17-30)8-11-21/h2-11,16,22H,12-15,18H2,1H3,(H2,31,32,35). The molecule has 0 atom stereocenters. The lowest BCUT2D eigenvalue weighted by Gasteiger charge is -2.32. The Morgan fingerprint density at radius 2 is 1.77 bits per heavy atom. The molecule has 6 nitrogen and oxygen atoms in total. The fourth-order valence-electron chi connectivity index (χ4n) is 4.30. The first-order valence-electron chi connectivity index (χ1n) is 11.6. The van der Waals surface area contributed by atoms with Gasteiger partial charge in [-0.15, -0.1) is 0 Å². The van der Waals surface area contributed by atoms with Crippen LogP contribution in [0, 0.1) is 24.1 Å². The Hall–Kier alpha value is -4.18. The van der Waals surface area contributed by atoms with Crippen molar-refractivity contribution in [1.82, 2.24) is 10.2 Å². The molecule has 3 amide bonds. The Morgan fingerprint density at radius 1 is 1.06 bits per heavy atom. The molecule has 1 aliphatic rings. The van der Waals surface area contributed by atoms with Gasteiger partial charge in [-0.25, -0.2) is 9.18 Å². The predicted octanol–water partition coefficient (Wildman–Crippen LogP) is 5.35. The summed E-state index contributed by atoms with van der Waals surface area (Å²) in [5.74, 6) is -0.0854. The van der Waals surface area contributed by atoms with Crippen LogP contribution in [-0.4, -0.2) is 29.9 Å². The minimum absolute atomic E-state index is 0.0599. The number of halogens is 1. The average Bonchev–Trinajstić information content (AvgIpc) is 2.89. The van der Waals surface area contributed by atoms with Crippen LogP contribution in [0.1, 0.15) is 51.4 Å². The molecule has 3 aromatic carbocycles. The molecular weight excluding hydrogens is 443 g/mol. The molecule has 4 rings (SSSR count). The van der Waals surface area contributed by atoms with E-state index >= 15 is 0 Å². The van der Waals surface area contributed by atoms with Crippen molar-refractivity contribution in [2.75, 3.05) is 18.4 Å². The van der Waals surface area contributed by atoms with Crippen molar-refractivity contribution in [3.63, 3.8) is 0 Å². The third-order valence-corrected chi connectivity index (χ3v) is 6.42. The molecule has 178 valence electrons. The van der Waals surface area contributed by atoms with E-state index in [4.69, 9.17) is 5.26 Å². The number of nitrogens with zero attached hydrogens (tertiary/aromatic N) is 2. The van der Waals surface area contributed by atoms with Gasteiger partial charge in [0, 0.05) is 36.4 Å². The number of benzene rings is 3. The highest BCUT2D eigenvalue weighted by atomic mass is 19.1. The Balaban J connectivity index is 1.35. The van der Waals surface area contributed by atoms with E-state index in [0.717, 1.165) is 18.4 Å². The molecule has 0 radical (unpaired) electrons. The van der Waals surface area contributed by atoms with E-state index in [1.54, 1.807) is 30.3 Å². The zero-order valence-corrected chi connectivity index (χ0v) is 19.6. The zero-order chi connectivity index (χ0) is 24.8. The van der Waals surface area contributed by atoms with Crippen LogP contribution in [0.3, 0.4) is 0 Å². The maximum absolute atomic E-state index is 13.8. The van der Waals surface area contributed by atoms with Crippen molar-refractivity contribution in [1.29, 1.82) is 5.26 Å². The number of amides is 3. The Kier molecular flexibility index (Phi) is 7.41. The number of carbonyl (C=O) groups is 2. The van der Waals surface area contributed by atoms with Gasteiger partial charge in [-0.3, -0.25) is 4.79 Å². The topological polar surface area (TPSA) is 85.2 Å². The van der Waals surface area contributed by atoms with Crippen molar-refractivity contribution >= 4 is 17.6 Å². The lowest BCUT2D eigenvalue weighted by molar-refractivity contribution is 0.0713. The first-order chi connectivity index (χ1) is 16.9. The summed E-state index contributed by atoms with van der Waals surface area (Å²) in [6, 6.07) is 20.9. The summed E-state index contributed by atoms with van der Waals surface area (Å²) in [6.07, 6.45) is 1.71. The van der Waals surface area contributed by atoms with Crippen LogP contribution >= 0.6 is 0 Å². The molecule has 2 N–H and O–H groups in total. The van der Waals surface area contributed by atoms with Crippen LogP contribution in [0.5, 0.6) is 0 Å². The van der Waals surface area contributed by atoms with Gasteiger partial charge in [-0.1, -0.05) is 36.4 Å². The van der Waals surface area contributed by atoms with Crippen LogP contribution in [0.4, 0.5) is 14.9 Å². The van der Waals surface area contributed by atoms with Gasteiger partial charge >= 0.3 is 6.03 Å². The Morgan fingerprint density at radius 3 is 2.46 bits per heavy atom. The second kappa shape index (κ2) is 10.8. The molecule has 7 heteroatoms. The molecule has 0 aliphatic carbocycles. The molecule has 1 heterocycles. The smallest absolute Gasteiger partial charge is 0.319 e. The number of nitrogens with one attached hydrogen (secondary N) is 2. The van der Waals surface area contributed by atoms with Gasteiger partial charge in [-0.2, -0.15) is 5.26 Å². The summed E-state index contributed by atoms with van der Waals surface area (Å²) in [4.78, 5) is 27.4. The molecule has 1 aliphatic heterocycles. The number of piperidine rings is 1. The maximum atomic E-state index is 13.8. The van der Waals surface area contributed by atoms with Gasteiger partial charge in [0.05, 0.1) is 11.6 Å². The molecule has 0 bridgehead atoms. The molecule has 1 fully saturated rings. The highest BCUT2D eigenvalue weighted by Crippen LogP contribution is 2.29. The first kappa shape index (κ1) is 24.0. The highest BCUT2D eigenvalue weighted by Gasteiger charge is 2.25. The van der Waals surface area contributed by atoms with Crippen LogP contribution in [0.25, 0.3) is 0 Å². The van der Waals surface area contributed by atoms with E-state index in [-0.39, 0.29) is 18.3 Å². The van der Waals surface area contributed by atoms with Gasteiger partial charge in [0.2, 0.25) is 0 Å². The summed E-state index contributed by atoms with van der Waals surface area (Å²) in [6.45, 7) is 3.20. The van der Waals surface area contributed by atoms with E-state index in [0.29, 0.717) is 41.4 Å². The Bertz CT molecular complexity index is 1260. The minimum atomic E-state index is -0.468. The van der Waals surface area contributed by atoms with Gasteiger partial charge in [-0.05, 0) is 67.1 Å². The van der Waals surface area contributed by atoms with Crippen LogP contribution in [0.2, 0.25) is 0 Å². The van der Waals surface area contributed by atoms with Gasteiger partial charge in [0.1, 0.15) is 5.82 Å². The number of aryl methyl sites for hydroxylation is 1. The van der Waals surface area contributed by atoms with Crippen molar-refractivity contribution in [3.05, 3.63) is 100 Å². The lowest BCUT2D eigenvalue weighted by Crippen LogP contribution is -2.38. The van der Waals surface area contributed by atoms with Crippen LogP contribution in [-0.2, 0) is 6.54 Å². The minimum Gasteiger partial charge on any atom is -0.339 e. The van der Waals surface area contributed by atoms with Gasteiger partial charge < -0.3 is 15.5 Å². The molecule has 0 unspecified atom stereocenters. The molecule has 0 saturated carbocycles. The number of rotatable bonds is 5.